The number of rotatable bonds is 8. The van der Waals surface area contributed by atoms with E-state index in [2.05, 4.69) is 0 Å². The van der Waals surface area contributed by atoms with Crippen molar-refractivity contribution in [3.05, 3.63) is 0 Å². The summed E-state index contributed by atoms with van der Waals surface area (Å²) in [6.45, 7) is 4.08. The van der Waals surface area contributed by atoms with Crippen LogP contribution in [0.4, 0.5) is 0 Å². The Bertz CT molecular complexity index is 128. The third-order valence-corrected chi connectivity index (χ3v) is 2.71. The van der Waals surface area contributed by atoms with Crippen LogP contribution in [-0.2, 0) is 0 Å². The third-order valence-electron chi connectivity index (χ3n) is 2.71. The lowest BCUT2D eigenvalue weighted by Gasteiger charge is -2.23. The van der Waals surface area contributed by atoms with Crippen molar-refractivity contribution in [1.82, 2.24) is 0 Å². The molecule has 0 unspecified atom stereocenters. The summed E-state index contributed by atoms with van der Waals surface area (Å²) in [5, 5.41) is 27.9. The Kier molecular flexibility index (Phi) is 8.14. The van der Waals surface area contributed by atoms with Crippen molar-refractivity contribution in [3.8, 4) is 0 Å². The molecular weight excluding hydrogens is 180 g/mol. The number of aliphatic hydroxyl groups is 3. The highest BCUT2D eigenvalue weighted by molar-refractivity contribution is 4.72. The molecule has 3 N–H and O–H groups in total. The molecule has 0 aliphatic heterocycles. The monoisotopic (exact) mass is 204 g/mol. The molecule has 0 saturated heterocycles. The minimum Gasteiger partial charge on any atom is -0.396 e. The van der Waals surface area contributed by atoms with Gasteiger partial charge in [-0.1, -0.05) is 20.3 Å². The lowest BCUT2D eigenvalue weighted by molar-refractivity contribution is 0.0119. The van der Waals surface area contributed by atoms with Crippen LogP contribution in [0.3, 0.4) is 0 Å². The van der Waals surface area contributed by atoms with Gasteiger partial charge in [-0.25, -0.2) is 0 Å². The smallest absolute Gasteiger partial charge is 0.0590 e. The summed E-state index contributed by atoms with van der Waals surface area (Å²) in [5.74, 6) is -0.0614. The molecule has 86 valence electrons. The molecule has 0 aromatic heterocycles. The maximum Gasteiger partial charge on any atom is 0.0590 e. The Morgan fingerprint density at radius 3 is 2.07 bits per heavy atom. The Morgan fingerprint density at radius 1 is 1.00 bits per heavy atom. The molecule has 0 fully saturated rings. The lowest BCUT2D eigenvalue weighted by Crippen LogP contribution is -2.29. The second-order valence-electron chi connectivity index (χ2n) is 4.00. The van der Waals surface area contributed by atoms with Crippen molar-refractivity contribution in [2.24, 2.45) is 5.92 Å². The summed E-state index contributed by atoms with van der Waals surface area (Å²) in [6, 6.07) is 0. The number of unbranched alkanes of at least 4 members (excludes halogenated alkanes) is 1. The molecule has 0 rings (SSSR count). The van der Waals surface area contributed by atoms with E-state index in [1.165, 1.54) is 0 Å². The molecule has 0 spiro atoms. The van der Waals surface area contributed by atoms with Gasteiger partial charge in [-0.2, -0.15) is 0 Å². The maximum absolute atomic E-state index is 9.70. The molecule has 0 bridgehead atoms. The molecule has 0 heterocycles. The first-order chi connectivity index (χ1) is 6.63. The average Bonchev–Trinajstić information content (AvgIpc) is 2.17. The van der Waals surface area contributed by atoms with Crippen molar-refractivity contribution in [1.29, 1.82) is 0 Å². The van der Waals surface area contributed by atoms with Crippen molar-refractivity contribution in [3.63, 3.8) is 0 Å². The van der Waals surface area contributed by atoms with Crippen LogP contribution < -0.4 is 0 Å². The van der Waals surface area contributed by atoms with Gasteiger partial charge in [0.1, 0.15) is 0 Å². The molecule has 0 radical (unpaired) electrons. The highest BCUT2D eigenvalue weighted by Crippen LogP contribution is 2.17. The predicted octanol–water partition coefficient (Wildman–Crippen LogP) is 1.31. The van der Waals surface area contributed by atoms with Crippen LogP contribution in [0.5, 0.6) is 0 Å². The highest BCUT2D eigenvalue weighted by Gasteiger charge is 2.20. The molecule has 3 heteroatoms. The van der Waals surface area contributed by atoms with Crippen LogP contribution in [0, 0.1) is 5.92 Å². The molecule has 0 aliphatic rings. The van der Waals surface area contributed by atoms with E-state index in [0.29, 0.717) is 6.42 Å². The van der Waals surface area contributed by atoms with Crippen molar-refractivity contribution in [2.75, 3.05) is 6.61 Å². The molecule has 0 aromatic carbocycles. The number of hydrogen-bond donors (Lipinski definition) is 3. The van der Waals surface area contributed by atoms with Crippen molar-refractivity contribution < 1.29 is 15.3 Å². The molecule has 3 nitrogen and oxygen atoms in total. The molecule has 0 aromatic rings. The first kappa shape index (κ1) is 13.9. The largest absolute Gasteiger partial charge is 0.396 e. The summed E-state index contributed by atoms with van der Waals surface area (Å²) in [6.07, 6.45) is 3.07. The van der Waals surface area contributed by atoms with E-state index < -0.39 is 12.2 Å². The van der Waals surface area contributed by atoms with Gasteiger partial charge >= 0.3 is 0 Å². The van der Waals surface area contributed by atoms with Crippen LogP contribution in [0.1, 0.15) is 46.0 Å². The van der Waals surface area contributed by atoms with Gasteiger partial charge in [0.05, 0.1) is 12.2 Å². The van der Waals surface area contributed by atoms with E-state index in [4.69, 9.17) is 5.11 Å². The Morgan fingerprint density at radius 2 is 1.57 bits per heavy atom. The minimum atomic E-state index is -0.442. The van der Waals surface area contributed by atoms with E-state index in [1.807, 2.05) is 13.8 Å². The van der Waals surface area contributed by atoms with Crippen LogP contribution >= 0.6 is 0 Å². The van der Waals surface area contributed by atoms with Crippen LogP contribution in [0.25, 0.3) is 0 Å². The van der Waals surface area contributed by atoms with Gasteiger partial charge in [-0.15, -0.1) is 0 Å². The minimum absolute atomic E-state index is 0.0614. The summed E-state index contributed by atoms with van der Waals surface area (Å²) < 4.78 is 0. The summed E-state index contributed by atoms with van der Waals surface area (Å²) >= 11 is 0. The Balaban J connectivity index is 3.68. The van der Waals surface area contributed by atoms with Gasteiger partial charge in [-0.3, -0.25) is 0 Å². The fourth-order valence-electron chi connectivity index (χ4n) is 1.54. The second-order valence-corrected chi connectivity index (χ2v) is 4.00. The maximum atomic E-state index is 9.70. The van der Waals surface area contributed by atoms with Crippen molar-refractivity contribution in [2.45, 2.75) is 58.2 Å². The normalized spacial score (nSPS) is 17.8. The highest BCUT2D eigenvalue weighted by atomic mass is 16.3. The van der Waals surface area contributed by atoms with Crippen molar-refractivity contribution >= 4 is 0 Å². The molecule has 3 atom stereocenters. The van der Waals surface area contributed by atoms with E-state index in [9.17, 15) is 10.2 Å². The van der Waals surface area contributed by atoms with E-state index in [-0.39, 0.29) is 12.5 Å². The summed E-state index contributed by atoms with van der Waals surface area (Å²) in [7, 11) is 0. The SMILES string of the molecule is CCC[C@H](O)[C@@H](C)[C@@H](O)CCCCO. The quantitative estimate of drug-likeness (QED) is 0.522. The first-order valence-electron chi connectivity index (χ1n) is 5.60. The molecule has 0 amide bonds. The molecule has 14 heavy (non-hydrogen) atoms. The van der Waals surface area contributed by atoms with Gasteiger partial charge in [0.15, 0.2) is 0 Å². The molecule has 0 saturated carbocycles. The van der Waals surface area contributed by atoms with Crippen LogP contribution in [0.2, 0.25) is 0 Å². The fourth-order valence-corrected chi connectivity index (χ4v) is 1.54. The lowest BCUT2D eigenvalue weighted by atomic mass is 9.92. The molecular formula is C11H24O3. The fraction of sp³-hybridized carbons (Fsp3) is 1.00. The zero-order chi connectivity index (χ0) is 11.0. The van der Waals surface area contributed by atoms with Crippen LogP contribution in [0.15, 0.2) is 0 Å². The topological polar surface area (TPSA) is 60.7 Å². The Labute approximate surface area is 86.8 Å². The van der Waals surface area contributed by atoms with Gasteiger partial charge in [0.25, 0.3) is 0 Å². The van der Waals surface area contributed by atoms with Gasteiger partial charge in [0.2, 0.25) is 0 Å². The van der Waals surface area contributed by atoms with E-state index >= 15 is 0 Å². The molecule has 0 aliphatic carbocycles. The van der Waals surface area contributed by atoms with Gasteiger partial charge in [-0.05, 0) is 25.7 Å². The average molecular weight is 204 g/mol. The first-order valence-corrected chi connectivity index (χ1v) is 5.60. The zero-order valence-corrected chi connectivity index (χ0v) is 9.32. The Hall–Kier alpha value is -0.120. The van der Waals surface area contributed by atoms with Gasteiger partial charge < -0.3 is 15.3 Å². The van der Waals surface area contributed by atoms with E-state index in [1.54, 1.807) is 0 Å². The standard InChI is InChI=1S/C11H24O3/c1-3-6-10(13)9(2)11(14)7-4-5-8-12/h9-14H,3-8H2,1-2H3/t9-,10+,11+/m1/s1. The summed E-state index contributed by atoms with van der Waals surface area (Å²) in [5.41, 5.74) is 0. The third kappa shape index (κ3) is 5.58. The summed E-state index contributed by atoms with van der Waals surface area (Å²) in [4.78, 5) is 0. The zero-order valence-electron chi connectivity index (χ0n) is 9.32. The van der Waals surface area contributed by atoms with Crippen LogP contribution in [-0.4, -0.2) is 34.1 Å². The number of aliphatic hydroxyl groups excluding tert-OH is 3. The van der Waals surface area contributed by atoms with E-state index in [0.717, 1.165) is 25.7 Å². The predicted molar refractivity (Wildman–Crippen MR) is 57.0 cm³/mol. The second kappa shape index (κ2) is 8.21. The number of hydrogen-bond acceptors (Lipinski definition) is 3. The van der Waals surface area contributed by atoms with Gasteiger partial charge in [0, 0.05) is 12.5 Å².